The molecule has 0 saturated heterocycles. The van der Waals surface area contributed by atoms with Gasteiger partial charge in [0.1, 0.15) is 0 Å². The lowest BCUT2D eigenvalue weighted by molar-refractivity contribution is 0.567. The molecule has 0 atom stereocenters. The van der Waals surface area contributed by atoms with Crippen LogP contribution in [0.25, 0.3) is 0 Å². The van der Waals surface area contributed by atoms with Crippen LogP contribution in [0.4, 0.5) is 0 Å². The van der Waals surface area contributed by atoms with Gasteiger partial charge in [-0.15, -0.1) is 0 Å². The van der Waals surface area contributed by atoms with Crippen molar-refractivity contribution >= 4 is 20.0 Å². The Morgan fingerprint density at radius 2 is 0.893 bits per heavy atom. The van der Waals surface area contributed by atoms with Crippen LogP contribution in [0.15, 0.2) is 60.7 Å². The van der Waals surface area contributed by atoms with E-state index in [-0.39, 0.29) is 24.6 Å². The lowest BCUT2D eigenvalue weighted by atomic mass is 10.2. The van der Waals surface area contributed by atoms with E-state index >= 15 is 0 Å². The Labute approximate surface area is 168 Å². The van der Waals surface area contributed by atoms with E-state index in [9.17, 15) is 16.8 Å². The van der Waals surface area contributed by atoms with Gasteiger partial charge in [-0.1, -0.05) is 73.5 Å². The van der Waals surface area contributed by atoms with Crippen LogP contribution in [0.5, 0.6) is 0 Å². The highest BCUT2D eigenvalue weighted by Crippen LogP contribution is 2.06. The first-order chi connectivity index (χ1) is 13.4. The van der Waals surface area contributed by atoms with E-state index in [0.29, 0.717) is 25.7 Å². The minimum Gasteiger partial charge on any atom is -0.212 e. The lowest BCUT2D eigenvalue weighted by Gasteiger charge is -2.08. The van der Waals surface area contributed by atoms with Gasteiger partial charge in [-0.05, 0) is 24.0 Å². The van der Waals surface area contributed by atoms with E-state index in [1.54, 1.807) is 0 Å². The molecule has 0 spiro atoms. The Morgan fingerprint density at radius 3 is 1.25 bits per heavy atom. The molecule has 0 aliphatic rings. The molecule has 2 aromatic rings. The van der Waals surface area contributed by atoms with Gasteiger partial charge in [-0.25, -0.2) is 26.3 Å². The molecular weight excluding hydrogens is 396 g/mol. The van der Waals surface area contributed by atoms with Crippen molar-refractivity contribution in [1.82, 2.24) is 9.44 Å². The van der Waals surface area contributed by atoms with Crippen molar-refractivity contribution in [3.05, 3.63) is 71.8 Å². The van der Waals surface area contributed by atoms with Gasteiger partial charge in [-0.2, -0.15) is 0 Å². The Balaban J connectivity index is 1.57. The first kappa shape index (κ1) is 22.5. The Bertz CT molecular complexity index is 822. The van der Waals surface area contributed by atoms with Crippen LogP contribution in [-0.4, -0.2) is 28.3 Å². The fourth-order valence-electron chi connectivity index (χ4n) is 2.66. The summed E-state index contributed by atoms with van der Waals surface area (Å²) in [6.45, 7) is 0.572. The number of hydrogen-bond acceptors (Lipinski definition) is 4. The van der Waals surface area contributed by atoms with Crippen molar-refractivity contribution < 1.29 is 16.8 Å². The Morgan fingerprint density at radius 1 is 0.536 bits per heavy atom. The maximum atomic E-state index is 12.0. The molecule has 2 N–H and O–H groups in total. The average Bonchev–Trinajstić information content (AvgIpc) is 2.69. The molecule has 0 amide bonds. The predicted octanol–water partition coefficient (Wildman–Crippen LogP) is 2.79. The molecule has 28 heavy (non-hydrogen) atoms. The van der Waals surface area contributed by atoms with Crippen LogP contribution in [0, 0.1) is 0 Å². The molecule has 154 valence electrons. The molecule has 0 aliphatic heterocycles. The van der Waals surface area contributed by atoms with E-state index in [2.05, 4.69) is 9.44 Å². The zero-order valence-corrected chi connectivity index (χ0v) is 17.5. The Hall–Kier alpha value is -1.74. The molecule has 2 aromatic carbocycles. The maximum absolute atomic E-state index is 12.0. The van der Waals surface area contributed by atoms with Crippen LogP contribution in [0.3, 0.4) is 0 Å². The summed E-state index contributed by atoms with van der Waals surface area (Å²) in [5.74, 6) is 0.109. The maximum Gasteiger partial charge on any atom is 0.211 e. The first-order valence-electron chi connectivity index (χ1n) is 9.39. The lowest BCUT2D eigenvalue weighted by Crippen LogP contribution is -2.26. The van der Waals surface area contributed by atoms with Crippen LogP contribution < -0.4 is 9.44 Å². The highest BCUT2D eigenvalue weighted by Gasteiger charge is 2.11. The second kappa shape index (κ2) is 11.3. The zero-order chi connectivity index (χ0) is 20.3. The minimum atomic E-state index is -3.32. The molecule has 0 saturated carbocycles. The van der Waals surface area contributed by atoms with Crippen molar-refractivity contribution in [2.75, 3.05) is 11.5 Å². The summed E-state index contributed by atoms with van der Waals surface area (Å²) >= 11 is 0. The monoisotopic (exact) mass is 424 g/mol. The molecule has 0 aliphatic carbocycles. The summed E-state index contributed by atoms with van der Waals surface area (Å²) in [6.07, 6.45) is 2.39. The first-order valence-corrected chi connectivity index (χ1v) is 12.7. The normalized spacial score (nSPS) is 12.1. The second-order valence-electron chi connectivity index (χ2n) is 6.67. The third-order valence-electron chi connectivity index (χ3n) is 4.25. The largest absolute Gasteiger partial charge is 0.212 e. The van der Waals surface area contributed by atoms with Gasteiger partial charge in [0.25, 0.3) is 0 Å². The van der Waals surface area contributed by atoms with E-state index < -0.39 is 20.0 Å². The van der Waals surface area contributed by atoms with Gasteiger partial charge in [-0.3, -0.25) is 0 Å². The van der Waals surface area contributed by atoms with Gasteiger partial charge in [0, 0.05) is 13.1 Å². The van der Waals surface area contributed by atoms with Crippen LogP contribution >= 0.6 is 0 Å². The van der Waals surface area contributed by atoms with Crippen molar-refractivity contribution in [2.45, 2.75) is 38.8 Å². The third kappa shape index (κ3) is 9.45. The SMILES string of the molecule is O=S(=O)(CCCCCCS(=O)(=O)NCc1ccccc1)NCc1ccccc1. The average molecular weight is 425 g/mol. The highest BCUT2D eigenvalue weighted by molar-refractivity contribution is 7.89. The summed E-state index contributed by atoms with van der Waals surface area (Å²) in [4.78, 5) is 0. The molecular formula is C20H28N2O4S2. The van der Waals surface area contributed by atoms with Crippen molar-refractivity contribution in [1.29, 1.82) is 0 Å². The zero-order valence-electron chi connectivity index (χ0n) is 15.9. The third-order valence-corrected chi connectivity index (χ3v) is 7.07. The molecule has 0 radical (unpaired) electrons. The number of rotatable bonds is 13. The molecule has 2 rings (SSSR count). The van der Waals surface area contributed by atoms with E-state index in [1.807, 2.05) is 60.7 Å². The summed E-state index contributed by atoms with van der Waals surface area (Å²) in [5.41, 5.74) is 1.83. The number of benzene rings is 2. The van der Waals surface area contributed by atoms with Gasteiger partial charge in [0.2, 0.25) is 20.0 Å². The van der Waals surface area contributed by atoms with Crippen LogP contribution in [-0.2, 0) is 33.1 Å². The molecule has 0 unspecified atom stereocenters. The number of hydrogen-bond donors (Lipinski definition) is 2. The summed E-state index contributed by atoms with van der Waals surface area (Å²) < 4.78 is 53.2. The highest BCUT2D eigenvalue weighted by atomic mass is 32.2. The van der Waals surface area contributed by atoms with Crippen molar-refractivity contribution in [2.24, 2.45) is 0 Å². The second-order valence-corrected chi connectivity index (χ2v) is 10.5. The quantitative estimate of drug-likeness (QED) is 0.484. The van der Waals surface area contributed by atoms with Gasteiger partial charge < -0.3 is 0 Å². The van der Waals surface area contributed by atoms with Crippen LogP contribution in [0.1, 0.15) is 36.8 Å². The molecule has 0 aromatic heterocycles. The topological polar surface area (TPSA) is 92.3 Å². The molecule has 0 heterocycles. The van der Waals surface area contributed by atoms with E-state index in [0.717, 1.165) is 11.1 Å². The van der Waals surface area contributed by atoms with Crippen molar-refractivity contribution in [3.63, 3.8) is 0 Å². The molecule has 6 nitrogen and oxygen atoms in total. The number of nitrogens with one attached hydrogen (secondary N) is 2. The minimum absolute atomic E-state index is 0.0544. The fourth-order valence-corrected chi connectivity index (χ4v) is 4.89. The predicted molar refractivity (Wildman–Crippen MR) is 113 cm³/mol. The summed E-state index contributed by atoms with van der Waals surface area (Å²) in [7, 11) is -6.63. The molecule has 0 fully saturated rings. The summed E-state index contributed by atoms with van der Waals surface area (Å²) in [5, 5.41) is 0. The van der Waals surface area contributed by atoms with E-state index in [4.69, 9.17) is 0 Å². The standard InChI is InChI=1S/C20H28N2O4S2/c23-27(24,21-17-19-11-5-3-6-12-19)15-9-1-2-10-16-28(25,26)22-18-20-13-7-4-8-14-20/h3-8,11-14,21-22H,1-2,9-10,15-18H2. The Kier molecular flexibility index (Phi) is 9.11. The van der Waals surface area contributed by atoms with Gasteiger partial charge >= 0.3 is 0 Å². The van der Waals surface area contributed by atoms with Crippen LogP contribution in [0.2, 0.25) is 0 Å². The summed E-state index contributed by atoms with van der Waals surface area (Å²) in [6, 6.07) is 18.7. The van der Waals surface area contributed by atoms with Gasteiger partial charge in [0.15, 0.2) is 0 Å². The molecule has 0 bridgehead atoms. The number of unbranched alkanes of at least 4 members (excludes halogenated alkanes) is 3. The smallest absolute Gasteiger partial charge is 0.211 e. The van der Waals surface area contributed by atoms with Crippen molar-refractivity contribution in [3.8, 4) is 0 Å². The molecule has 8 heteroatoms. The van der Waals surface area contributed by atoms with E-state index in [1.165, 1.54) is 0 Å². The number of sulfonamides is 2. The van der Waals surface area contributed by atoms with Gasteiger partial charge in [0.05, 0.1) is 11.5 Å². The fraction of sp³-hybridized carbons (Fsp3) is 0.400.